The first-order chi connectivity index (χ1) is 9.56. The average molecular weight is 279 g/mol. The molecule has 1 rings (SSSR count). The molecule has 1 aromatic rings. The van der Waals surface area contributed by atoms with Gasteiger partial charge in [0.1, 0.15) is 5.75 Å². The van der Waals surface area contributed by atoms with Gasteiger partial charge in [-0.05, 0) is 18.1 Å². The third-order valence-electron chi connectivity index (χ3n) is 2.99. The number of nitrogens with zero attached hydrogens (tertiary/aromatic N) is 1. The SMILES string of the molecule is COCCN(CC(=O)c1cccc(OC)c1)CC(C)C. The van der Waals surface area contributed by atoms with Gasteiger partial charge in [0.05, 0.1) is 20.3 Å². The van der Waals surface area contributed by atoms with Gasteiger partial charge in [-0.3, -0.25) is 9.69 Å². The highest BCUT2D eigenvalue weighted by atomic mass is 16.5. The van der Waals surface area contributed by atoms with Crippen molar-refractivity contribution in [2.45, 2.75) is 13.8 Å². The van der Waals surface area contributed by atoms with Gasteiger partial charge in [-0.2, -0.15) is 0 Å². The predicted octanol–water partition coefficient (Wildman–Crippen LogP) is 2.48. The van der Waals surface area contributed by atoms with E-state index in [0.29, 0.717) is 30.4 Å². The molecule has 0 unspecified atom stereocenters. The minimum Gasteiger partial charge on any atom is -0.497 e. The van der Waals surface area contributed by atoms with Crippen LogP contribution in [-0.2, 0) is 4.74 Å². The molecule has 0 amide bonds. The van der Waals surface area contributed by atoms with Crippen LogP contribution in [-0.4, -0.2) is 51.1 Å². The third-order valence-corrected chi connectivity index (χ3v) is 2.99. The van der Waals surface area contributed by atoms with Crippen molar-refractivity contribution in [2.24, 2.45) is 5.92 Å². The van der Waals surface area contributed by atoms with E-state index >= 15 is 0 Å². The van der Waals surface area contributed by atoms with Crippen molar-refractivity contribution in [2.75, 3.05) is 40.5 Å². The van der Waals surface area contributed by atoms with Crippen molar-refractivity contribution in [1.29, 1.82) is 0 Å². The Morgan fingerprint density at radius 1 is 1.30 bits per heavy atom. The second-order valence-corrected chi connectivity index (χ2v) is 5.28. The first-order valence-electron chi connectivity index (χ1n) is 6.95. The largest absolute Gasteiger partial charge is 0.497 e. The van der Waals surface area contributed by atoms with Gasteiger partial charge in [0.15, 0.2) is 5.78 Å². The quantitative estimate of drug-likeness (QED) is 0.651. The number of hydrogen-bond donors (Lipinski definition) is 0. The van der Waals surface area contributed by atoms with Gasteiger partial charge in [0.2, 0.25) is 0 Å². The van der Waals surface area contributed by atoms with Crippen LogP contribution in [0.25, 0.3) is 0 Å². The van der Waals surface area contributed by atoms with Gasteiger partial charge < -0.3 is 9.47 Å². The van der Waals surface area contributed by atoms with E-state index in [9.17, 15) is 4.79 Å². The zero-order chi connectivity index (χ0) is 15.0. The molecule has 20 heavy (non-hydrogen) atoms. The number of rotatable bonds is 9. The zero-order valence-corrected chi connectivity index (χ0v) is 12.9. The Kier molecular flexibility index (Phi) is 7.26. The van der Waals surface area contributed by atoms with Gasteiger partial charge in [-0.15, -0.1) is 0 Å². The molecule has 0 aliphatic carbocycles. The summed E-state index contributed by atoms with van der Waals surface area (Å²) in [6.45, 7) is 7.00. The lowest BCUT2D eigenvalue weighted by Gasteiger charge is -2.23. The highest BCUT2D eigenvalue weighted by Crippen LogP contribution is 2.13. The molecule has 0 aliphatic rings. The molecule has 1 aromatic carbocycles. The number of ketones is 1. The van der Waals surface area contributed by atoms with Crippen LogP contribution in [0.15, 0.2) is 24.3 Å². The molecule has 0 spiro atoms. The lowest BCUT2D eigenvalue weighted by atomic mass is 10.1. The molecule has 0 aliphatic heterocycles. The number of hydrogen-bond acceptors (Lipinski definition) is 4. The van der Waals surface area contributed by atoms with Gasteiger partial charge >= 0.3 is 0 Å². The molecule has 0 atom stereocenters. The molecule has 112 valence electrons. The molecule has 0 fully saturated rings. The van der Waals surface area contributed by atoms with Gasteiger partial charge in [-0.25, -0.2) is 0 Å². The van der Waals surface area contributed by atoms with Crippen molar-refractivity contribution in [3.05, 3.63) is 29.8 Å². The van der Waals surface area contributed by atoms with Crippen molar-refractivity contribution < 1.29 is 14.3 Å². The maximum atomic E-state index is 12.3. The summed E-state index contributed by atoms with van der Waals surface area (Å²) < 4.78 is 10.3. The second kappa shape index (κ2) is 8.72. The third kappa shape index (κ3) is 5.72. The Morgan fingerprint density at radius 2 is 2.05 bits per heavy atom. The van der Waals surface area contributed by atoms with Gasteiger partial charge in [0, 0.05) is 25.8 Å². The van der Waals surface area contributed by atoms with Crippen molar-refractivity contribution in [1.82, 2.24) is 4.90 Å². The summed E-state index contributed by atoms with van der Waals surface area (Å²) in [5.74, 6) is 1.34. The lowest BCUT2D eigenvalue weighted by molar-refractivity contribution is 0.0881. The molecule has 0 radical (unpaired) electrons. The van der Waals surface area contributed by atoms with E-state index in [1.807, 2.05) is 18.2 Å². The number of Topliss-reactive ketones (excluding diaryl/α,β-unsaturated/α-hetero) is 1. The van der Waals surface area contributed by atoms with Crippen molar-refractivity contribution in [3.63, 3.8) is 0 Å². The fourth-order valence-electron chi connectivity index (χ4n) is 2.06. The number of benzene rings is 1. The minimum atomic E-state index is 0.112. The van der Waals surface area contributed by atoms with E-state index in [4.69, 9.17) is 9.47 Å². The standard InChI is InChI=1S/C16H25NO3/c1-13(2)11-17(8-9-19-3)12-16(18)14-6-5-7-15(10-14)20-4/h5-7,10,13H,8-9,11-12H2,1-4H3. The number of methoxy groups -OCH3 is 2. The monoisotopic (exact) mass is 279 g/mol. The van der Waals surface area contributed by atoms with Gasteiger partial charge in [0.25, 0.3) is 0 Å². The van der Waals surface area contributed by atoms with E-state index in [2.05, 4.69) is 18.7 Å². The summed E-state index contributed by atoms with van der Waals surface area (Å²) >= 11 is 0. The van der Waals surface area contributed by atoms with Crippen LogP contribution in [0.5, 0.6) is 5.75 Å². The van der Waals surface area contributed by atoms with Crippen LogP contribution < -0.4 is 4.74 Å². The Morgan fingerprint density at radius 3 is 2.65 bits per heavy atom. The number of carbonyl (C=O) groups is 1. The Hall–Kier alpha value is -1.39. The fourth-order valence-corrected chi connectivity index (χ4v) is 2.06. The van der Waals surface area contributed by atoms with E-state index in [1.54, 1.807) is 20.3 Å². The first-order valence-corrected chi connectivity index (χ1v) is 6.95. The maximum absolute atomic E-state index is 12.3. The summed E-state index contributed by atoms with van der Waals surface area (Å²) in [6, 6.07) is 7.29. The summed E-state index contributed by atoms with van der Waals surface area (Å²) in [5, 5.41) is 0. The zero-order valence-electron chi connectivity index (χ0n) is 12.9. The van der Waals surface area contributed by atoms with Crippen LogP contribution in [0, 0.1) is 5.92 Å². The van der Waals surface area contributed by atoms with E-state index in [-0.39, 0.29) is 5.78 Å². The number of carbonyl (C=O) groups excluding carboxylic acids is 1. The Labute approximate surface area is 121 Å². The molecular weight excluding hydrogens is 254 g/mol. The van der Waals surface area contributed by atoms with Crippen LogP contribution >= 0.6 is 0 Å². The Balaban J connectivity index is 2.68. The molecule has 0 saturated carbocycles. The molecule has 0 heterocycles. The maximum Gasteiger partial charge on any atom is 0.176 e. The van der Waals surface area contributed by atoms with E-state index < -0.39 is 0 Å². The Bertz CT molecular complexity index is 418. The molecule has 4 nitrogen and oxygen atoms in total. The second-order valence-electron chi connectivity index (χ2n) is 5.28. The minimum absolute atomic E-state index is 0.112. The van der Waals surface area contributed by atoms with Crippen LogP contribution in [0.3, 0.4) is 0 Å². The summed E-state index contributed by atoms with van der Waals surface area (Å²) in [5.41, 5.74) is 0.690. The van der Waals surface area contributed by atoms with E-state index in [0.717, 1.165) is 13.1 Å². The van der Waals surface area contributed by atoms with Gasteiger partial charge in [-0.1, -0.05) is 26.0 Å². The highest BCUT2D eigenvalue weighted by Gasteiger charge is 2.14. The predicted molar refractivity (Wildman–Crippen MR) is 80.5 cm³/mol. The molecule has 0 aromatic heterocycles. The molecular formula is C16H25NO3. The van der Waals surface area contributed by atoms with E-state index in [1.165, 1.54) is 0 Å². The lowest BCUT2D eigenvalue weighted by Crippen LogP contribution is -2.35. The fraction of sp³-hybridized carbons (Fsp3) is 0.562. The normalized spacial score (nSPS) is 11.1. The molecule has 0 saturated heterocycles. The first kappa shape index (κ1) is 16.7. The molecule has 0 N–H and O–H groups in total. The summed E-state index contributed by atoms with van der Waals surface area (Å²) in [4.78, 5) is 14.5. The van der Waals surface area contributed by atoms with Crippen LogP contribution in [0.1, 0.15) is 24.2 Å². The summed E-state index contributed by atoms with van der Waals surface area (Å²) in [6.07, 6.45) is 0. The molecule has 4 heteroatoms. The van der Waals surface area contributed by atoms with Crippen LogP contribution in [0.2, 0.25) is 0 Å². The molecule has 0 bridgehead atoms. The number of ether oxygens (including phenoxy) is 2. The van der Waals surface area contributed by atoms with Crippen molar-refractivity contribution >= 4 is 5.78 Å². The van der Waals surface area contributed by atoms with Crippen molar-refractivity contribution in [3.8, 4) is 5.75 Å². The highest BCUT2D eigenvalue weighted by molar-refractivity contribution is 5.97. The smallest absolute Gasteiger partial charge is 0.176 e. The van der Waals surface area contributed by atoms with Crippen LogP contribution in [0.4, 0.5) is 0 Å². The summed E-state index contributed by atoms with van der Waals surface area (Å²) in [7, 11) is 3.28. The topological polar surface area (TPSA) is 38.8 Å². The average Bonchev–Trinajstić information content (AvgIpc) is 2.44.